The van der Waals surface area contributed by atoms with Gasteiger partial charge in [0, 0.05) is 32.2 Å². The molecule has 20 heavy (non-hydrogen) atoms. The van der Waals surface area contributed by atoms with E-state index >= 15 is 0 Å². The normalized spacial score (nSPS) is 22.4. The van der Waals surface area contributed by atoms with Crippen molar-refractivity contribution in [3.05, 3.63) is 5.89 Å². The summed E-state index contributed by atoms with van der Waals surface area (Å²) in [7, 11) is 0. The summed E-state index contributed by atoms with van der Waals surface area (Å²) < 4.78 is 5.67. The molecule has 0 aliphatic carbocycles. The second-order valence-corrected chi connectivity index (χ2v) is 5.49. The van der Waals surface area contributed by atoms with E-state index in [1.807, 2.05) is 9.80 Å². The van der Waals surface area contributed by atoms with Crippen molar-refractivity contribution in [2.45, 2.75) is 32.5 Å². The maximum Gasteiger partial charge on any atom is 0.318 e. The number of amides is 2. The molecule has 3 heterocycles. The van der Waals surface area contributed by atoms with Crippen LogP contribution in [0.2, 0.25) is 0 Å². The Labute approximate surface area is 117 Å². The number of carbonyl (C=O) groups is 1. The first kappa shape index (κ1) is 13.2. The van der Waals surface area contributed by atoms with Crippen molar-refractivity contribution in [1.82, 2.24) is 25.7 Å². The molecule has 8 nitrogen and oxygen atoms in total. The summed E-state index contributed by atoms with van der Waals surface area (Å²) in [6.45, 7) is 7.56. The van der Waals surface area contributed by atoms with Gasteiger partial charge in [-0.2, -0.15) is 0 Å². The van der Waals surface area contributed by atoms with Gasteiger partial charge in [-0.15, -0.1) is 5.10 Å². The Hall–Kier alpha value is -1.83. The Morgan fingerprint density at radius 3 is 3.10 bits per heavy atom. The standard InChI is InChI=1S/C12H20N6O2/c1-8(2)13-6-10-15-16-12(20-10)17-3-4-18-9(7-17)5-14-11(18)19/h8-9,13H,3-7H2,1-2H3,(H,14,19). The Morgan fingerprint density at radius 2 is 2.30 bits per heavy atom. The van der Waals surface area contributed by atoms with Gasteiger partial charge in [0.25, 0.3) is 0 Å². The Bertz CT molecular complexity index is 488. The van der Waals surface area contributed by atoms with Crippen LogP contribution in [-0.2, 0) is 6.54 Å². The Kier molecular flexibility index (Phi) is 3.47. The lowest BCUT2D eigenvalue weighted by atomic mass is 10.2. The van der Waals surface area contributed by atoms with Crippen LogP contribution in [0, 0.1) is 0 Å². The van der Waals surface area contributed by atoms with E-state index in [2.05, 4.69) is 34.7 Å². The Balaban J connectivity index is 1.61. The van der Waals surface area contributed by atoms with Gasteiger partial charge < -0.3 is 24.9 Å². The number of rotatable bonds is 4. The van der Waals surface area contributed by atoms with Crippen LogP contribution >= 0.6 is 0 Å². The molecule has 0 saturated carbocycles. The van der Waals surface area contributed by atoms with Gasteiger partial charge in [0.15, 0.2) is 0 Å². The van der Waals surface area contributed by atoms with E-state index in [1.165, 1.54) is 0 Å². The molecule has 1 unspecified atom stereocenters. The number of nitrogens with one attached hydrogen (secondary N) is 2. The molecule has 0 spiro atoms. The SMILES string of the molecule is CC(C)NCc1nnc(N2CCN3C(=O)NCC3C2)o1. The molecule has 2 N–H and O–H groups in total. The van der Waals surface area contributed by atoms with Gasteiger partial charge in [0.05, 0.1) is 12.6 Å². The van der Waals surface area contributed by atoms with Crippen LogP contribution in [0.25, 0.3) is 0 Å². The van der Waals surface area contributed by atoms with Crippen LogP contribution < -0.4 is 15.5 Å². The first-order chi connectivity index (χ1) is 9.63. The van der Waals surface area contributed by atoms with Crippen molar-refractivity contribution in [3.8, 4) is 0 Å². The first-order valence-corrected chi connectivity index (χ1v) is 6.98. The highest BCUT2D eigenvalue weighted by Crippen LogP contribution is 2.20. The van der Waals surface area contributed by atoms with Gasteiger partial charge in [0.1, 0.15) is 0 Å². The van der Waals surface area contributed by atoms with Crippen molar-refractivity contribution < 1.29 is 9.21 Å². The van der Waals surface area contributed by atoms with Crippen LogP contribution in [0.1, 0.15) is 19.7 Å². The smallest absolute Gasteiger partial charge is 0.318 e. The average Bonchev–Trinajstić information content (AvgIpc) is 3.04. The number of carbonyl (C=O) groups excluding carboxylic acids is 1. The molecular formula is C12H20N6O2. The fourth-order valence-electron chi connectivity index (χ4n) is 2.51. The van der Waals surface area contributed by atoms with Crippen LogP contribution in [0.15, 0.2) is 4.42 Å². The van der Waals surface area contributed by atoms with Gasteiger partial charge in [-0.3, -0.25) is 0 Å². The lowest BCUT2D eigenvalue weighted by Gasteiger charge is -2.35. The maximum absolute atomic E-state index is 11.5. The summed E-state index contributed by atoms with van der Waals surface area (Å²) >= 11 is 0. The molecule has 1 atom stereocenters. The van der Waals surface area contributed by atoms with Crippen LogP contribution in [-0.4, -0.2) is 59.4 Å². The predicted octanol–water partition coefficient (Wildman–Crippen LogP) is -0.219. The van der Waals surface area contributed by atoms with E-state index in [1.54, 1.807) is 0 Å². The van der Waals surface area contributed by atoms with E-state index < -0.39 is 0 Å². The summed E-state index contributed by atoms with van der Waals surface area (Å²) in [5, 5.41) is 14.2. The topological polar surface area (TPSA) is 86.5 Å². The quantitative estimate of drug-likeness (QED) is 0.793. The Morgan fingerprint density at radius 1 is 1.45 bits per heavy atom. The van der Waals surface area contributed by atoms with Crippen LogP contribution in [0.3, 0.4) is 0 Å². The second kappa shape index (κ2) is 5.28. The highest BCUT2D eigenvalue weighted by atomic mass is 16.4. The van der Waals surface area contributed by atoms with Crippen molar-refractivity contribution >= 4 is 12.0 Å². The van der Waals surface area contributed by atoms with Crippen molar-refractivity contribution in [3.63, 3.8) is 0 Å². The lowest BCUT2D eigenvalue weighted by Crippen LogP contribution is -2.52. The zero-order valence-corrected chi connectivity index (χ0v) is 11.8. The third-order valence-corrected chi connectivity index (χ3v) is 3.62. The largest absolute Gasteiger partial charge is 0.407 e. The van der Waals surface area contributed by atoms with Gasteiger partial charge >= 0.3 is 12.0 Å². The first-order valence-electron chi connectivity index (χ1n) is 6.98. The molecular weight excluding hydrogens is 260 g/mol. The fourth-order valence-corrected chi connectivity index (χ4v) is 2.51. The monoisotopic (exact) mass is 280 g/mol. The summed E-state index contributed by atoms with van der Waals surface area (Å²) in [6.07, 6.45) is 0. The zero-order valence-electron chi connectivity index (χ0n) is 11.8. The minimum absolute atomic E-state index is 0.0296. The molecule has 2 fully saturated rings. The average molecular weight is 280 g/mol. The zero-order chi connectivity index (χ0) is 14.1. The van der Waals surface area contributed by atoms with Gasteiger partial charge in [-0.05, 0) is 0 Å². The highest BCUT2D eigenvalue weighted by Gasteiger charge is 2.36. The number of aromatic nitrogens is 2. The fraction of sp³-hybridized carbons (Fsp3) is 0.750. The van der Waals surface area contributed by atoms with Crippen molar-refractivity contribution in [1.29, 1.82) is 0 Å². The van der Waals surface area contributed by atoms with E-state index in [0.29, 0.717) is 37.6 Å². The van der Waals surface area contributed by atoms with Crippen LogP contribution in [0.5, 0.6) is 0 Å². The molecule has 1 aromatic heterocycles. The number of nitrogens with zero attached hydrogens (tertiary/aromatic N) is 4. The molecule has 2 amide bonds. The van der Waals surface area contributed by atoms with Gasteiger partial charge in [0.2, 0.25) is 5.89 Å². The van der Waals surface area contributed by atoms with Gasteiger partial charge in [-0.1, -0.05) is 18.9 Å². The molecule has 2 saturated heterocycles. The summed E-state index contributed by atoms with van der Waals surface area (Å²) in [5.74, 6) is 0.594. The molecule has 0 aromatic carbocycles. The number of anilines is 1. The second-order valence-electron chi connectivity index (χ2n) is 5.49. The molecule has 110 valence electrons. The number of piperazine rings is 1. The van der Waals surface area contributed by atoms with Crippen LogP contribution in [0.4, 0.5) is 10.8 Å². The predicted molar refractivity (Wildman–Crippen MR) is 72.4 cm³/mol. The lowest BCUT2D eigenvalue weighted by molar-refractivity contribution is 0.196. The van der Waals surface area contributed by atoms with E-state index in [0.717, 1.165) is 13.1 Å². The molecule has 3 rings (SSSR count). The third-order valence-electron chi connectivity index (χ3n) is 3.62. The summed E-state index contributed by atoms with van der Waals surface area (Å²) in [5.41, 5.74) is 0. The van der Waals surface area contributed by atoms with E-state index in [9.17, 15) is 4.79 Å². The number of fused-ring (bicyclic) bond motifs is 1. The summed E-state index contributed by atoms with van der Waals surface area (Å²) in [4.78, 5) is 15.5. The number of hydrogen-bond acceptors (Lipinski definition) is 6. The molecule has 0 radical (unpaired) electrons. The van der Waals surface area contributed by atoms with Crippen molar-refractivity contribution in [2.75, 3.05) is 31.1 Å². The molecule has 8 heteroatoms. The van der Waals surface area contributed by atoms with Crippen molar-refractivity contribution in [2.24, 2.45) is 0 Å². The minimum Gasteiger partial charge on any atom is -0.407 e. The number of urea groups is 1. The number of hydrogen-bond donors (Lipinski definition) is 2. The molecule has 0 bridgehead atoms. The molecule has 2 aliphatic rings. The third kappa shape index (κ3) is 2.55. The molecule has 2 aliphatic heterocycles. The summed E-state index contributed by atoms with van der Waals surface area (Å²) in [6, 6.07) is 1.15. The van der Waals surface area contributed by atoms with Gasteiger partial charge in [-0.25, -0.2) is 4.79 Å². The molecule has 1 aromatic rings. The maximum atomic E-state index is 11.5. The van der Waals surface area contributed by atoms with E-state index in [-0.39, 0.29) is 12.1 Å². The minimum atomic E-state index is 0.0296. The highest BCUT2D eigenvalue weighted by molar-refractivity contribution is 5.77. The van der Waals surface area contributed by atoms with E-state index in [4.69, 9.17) is 4.42 Å².